The molecule has 1 aromatic rings. The zero-order valence-electron chi connectivity index (χ0n) is 11.9. The highest BCUT2D eigenvalue weighted by Crippen LogP contribution is 2.29. The first kappa shape index (κ1) is 13.6. The fourth-order valence-electron chi connectivity index (χ4n) is 3.16. The minimum Gasteiger partial charge on any atom is -0.314 e. The zero-order chi connectivity index (χ0) is 12.8. The first-order valence-electron chi connectivity index (χ1n) is 7.49. The van der Waals surface area contributed by atoms with Crippen LogP contribution in [0.25, 0.3) is 0 Å². The summed E-state index contributed by atoms with van der Waals surface area (Å²) in [5, 5.41) is 7.88. The van der Waals surface area contributed by atoms with Crippen molar-refractivity contribution in [3.05, 3.63) is 18.0 Å². The molecule has 0 aliphatic heterocycles. The summed E-state index contributed by atoms with van der Waals surface area (Å²) in [5.41, 5.74) is 1.36. The van der Waals surface area contributed by atoms with Crippen LogP contribution in [0.15, 0.2) is 12.4 Å². The second-order valence-corrected chi connectivity index (χ2v) is 5.71. The second kappa shape index (κ2) is 6.93. The third-order valence-corrected chi connectivity index (χ3v) is 4.13. The Balaban J connectivity index is 1.79. The van der Waals surface area contributed by atoms with E-state index in [0.717, 1.165) is 18.9 Å². The monoisotopic (exact) mass is 249 g/mol. The van der Waals surface area contributed by atoms with Crippen LogP contribution in [0.5, 0.6) is 0 Å². The van der Waals surface area contributed by atoms with Crippen LogP contribution in [0, 0.1) is 5.92 Å². The summed E-state index contributed by atoms with van der Waals surface area (Å²) >= 11 is 0. The van der Waals surface area contributed by atoms with Gasteiger partial charge in [0.1, 0.15) is 0 Å². The van der Waals surface area contributed by atoms with Gasteiger partial charge in [-0.25, -0.2) is 0 Å². The van der Waals surface area contributed by atoms with E-state index in [1.165, 1.54) is 44.1 Å². The van der Waals surface area contributed by atoms with Gasteiger partial charge in [-0.2, -0.15) is 5.10 Å². The highest BCUT2D eigenvalue weighted by Gasteiger charge is 2.17. The molecule has 1 heterocycles. The Morgan fingerprint density at radius 3 is 2.83 bits per heavy atom. The molecular formula is C15H27N3. The smallest absolute Gasteiger partial charge is 0.0522 e. The number of aromatic nitrogens is 2. The maximum Gasteiger partial charge on any atom is 0.0522 e. The molecule has 3 heteroatoms. The number of hydrogen-bond acceptors (Lipinski definition) is 2. The van der Waals surface area contributed by atoms with Gasteiger partial charge in [-0.05, 0) is 37.3 Å². The molecule has 1 unspecified atom stereocenters. The average molecular weight is 249 g/mol. The number of nitrogens with one attached hydrogen (secondary N) is 1. The summed E-state index contributed by atoms with van der Waals surface area (Å²) in [6.07, 6.45) is 13.8. The molecule has 0 bridgehead atoms. The van der Waals surface area contributed by atoms with Gasteiger partial charge in [0.2, 0.25) is 0 Å². The van der Waals surface area contributed by atoms with Gasteiger partial charge >= 0.3 is 0 Å². The van der Waals surface area contributed by atoms with Crippen molar-refractivity contribution >= 4 is 0 Å². The number of rotatable bonds is 7. The summed E-state index contributed by atoms with van der Waals surface area (Å²) in [6.45, 7) is 3.27. The molecule has 1 atom stereocenters. The Labute approximate surface area is 111 Å². The molecule has 0 aromatic carbocycles. The fourth-order valence-corrected chi connectivity index (χ4v) is 3.16. The summed E-state index contributed by atoms with van der Waals surface area (Å²) in [6, 6.07) is 0.625. The minimum atomic E-state index is 0.625. The minimum absolute atomic E-state index is 0.625. The summed E-state index contributed by atoms with van der Waals surface area (Å²) in [4.78, 5) is 0. The lowest BCUT2D eigenvalue weighted by Gasteiger charge is -2.19. The quantitative estimate of drug-likeness (QED) is 0.805. The maximum absolute atomic E-state index is 4.26. The van der Waals surface area contributed by atoms with Gasteiger partial charge in [0.05, 0.1) is 6.20 Å². The molecule has 1 aliphatic rings. The predicted molar refractivity (Wildman–Crippen MR) is 75.6 cm³/mol. The van der Waals surface area contributed by atoms with Crippen LogP contribution in [-0.2, 0) is 13.5 Å². The van der Waals surface area contributed by atoms with Gasteiger partial charge in [0, 0.05) is 19.3 Å². The SMILES string of the molecule is CCNC(CCC1CCCC1)Cc1cnn(C)c1. The number of aryl methyl sites for hydroxylation is 1. The van der Waals surface area contributed by atoms with Crippen molar-refractivity contribution < 1.29 is 0 Å². The molecule has 1 aromatic heterocycles. The lowest BCUT2D eigenvalue weighted by atomic mass is 9.96. The Hall–Kier alpha value is -0.830. The van der Waals surface area contributed by atoms with Crippen molar-refractivity contribution in [3.8, 4) is 0 Å². The van der Waals surface area contributed by atoms with Crippen molar-refractivity contribution in [1.29, 1.82) is 0 Å². The molecule has 3 nitrogen and oxygen atoms in total. The summed E-state index contributed by atoms with van der Waals surface area (Å²) in [7, 11) is 1.99. The molecule has 1 N–H and O–H groups in total. The van der Waals surface area contributed by atoms with E-state index in [2.05, 4.69) is 23.5 Å². The number of likely N-dealkylation sites (N-methyl/N-ethyl adjacent to an activating group) is 1. The Bertz CT molecular complexity index is 339. The molecule has 0 spiro atoms. The van der Waals surface area contributed by atoms with E-state index in [1.54, 1.807) is 0 Å². The van der Waals surface area contributed by atoms with Crippen LogP contribution in [0.4, 0.5) is 0 Å². The Kier molecular flexibility index (Phi) is 5.24. The van der Waals surface area contributed by atoms with Crippen LogP contribution in [0.3, 0.4) is 0 Å². The molecule has 102 valence electrons. The molecule has 1 fully saturated rings. The molecular weight excluding hydrogens is 222 g/mol. The van der Waals surface area contributed by atoms with Gasteiger partial charge in [-0.3, -0.25) is 4.68 Å². The molecule has 1 aliphatic carbocycles. The van der Waals surface area contributed by atoms with Crippen LogP contribution < -0.4 is 5.32 Å². The zero-order valence-corrected chi connectivity index (χ0v) is 11.9. The average Bonchev–Trinajstić information content (AvgIpc) is 2.98. The van der Waals surface area contributed by atoms with Gasteiger partial charge in [0.15, 0.2) is 0 Å². The van der Waals surface area contributed by atoms with E-state index in [0.29, 0.717) is 6.04 Å². The highest BCUT2D eigenvalue weighted by atomic mass is 15.2. The Morgan fingerprint density at radius 1 is 1.44 bits per heavy atom. The maximum atomic E-state index is 4.26. The van der Waals surface area contributed by atoms with Crippen molar-refractivity contribution in [2.45, 2.75) is 57.9 Å². The third kappa shape index (κ3) is 4.13. The Morgan fingerprint density at radius 2 is 2.22 bits per heavy atom. The molecule has 0 radical (unpaired) electrons. The molecule has 1 saturated carbocycles. The van der Waals surface area contributed by atoms with Crippen molar-refractivity contribution in [1.82, 2.24) is 15.1 Å². The van der Waals surface area contributed by atoms with Crippen molar-refractivity contribution in [2.75, 3.05) is 6.54 Å². The third-order valence-electron chi connectivity index (χ3n) is 4.13. The molecule has 18 heavy (non-hydrogen) atoms. The molecule has 0 saturated heterocycles. The summed E-state index contributed by atoms with van der Waals surface area (Å²) in [5.74, 6) is 1.00. The predicted octanol–water partition coefficient (Wildman–Crippen LogP) is 2.91. The van der Waals surface area contributed by atoms with Gasteiger partial charge in [-0.1, -0.05) is 32.6 Å². The fraction of sp³-hybridized carbons (Fsp3) is 0.800. The molecule has 2 rings (SSSR count). The first-order valence-corrected chi connectivity index (χ1v) is 7.49. The first-order chi connectivity index (χ1) is 8.78. The van der Waals surface area contributed by atoms with E-state index in [9.17, 15) is 0 Å². The lowest BCUT2D eigenvalue weighted by molar-refractivity contribution is 0.407. The van der Waals surface area contributed by atoms with Crippen LogP contribution in [0.1, 0.15) is 51.0 Å². The normalized spacial score (nSPS) is 18.3. The van der Waals surface area contributed by atoms with Crippen LogP contribution in [0.2, 0.25) is 0 Å². The standard InChI is InChI=1S/C15H27N3/c1-3-16-15(9-8-13-6-4-5-7-13)10-14-11-17-18(2)12-14/h11-13,15-16H,3-10H2,1-2H3. The van der Waals surface area contributed by atoms with E-state index >= 15 is 0 Å². The highest BCUT2D eigenvalue weighted by molar-refractivity contribution is 5.05. The lowest BCUT2D eigenvalue weighted by Crippen LogP contribution is -2.31. The van der Waals surface area contributed by atoms with Crippen molar-refractivity contribution in [2.24, 2.45) is 13.0 Å². The number of nitrogens with zero attached hydrogens (tertiary/aromatic N) is 2. The van der Waals surface area contributed by atoms with E-state index in [4.69, 9.17) is 0 Å². The van der Waals surface area contributed by atoms with E-state index in [1.807, 2.05) is 17.9 Å². The number of hydrogen-bond donors (Lipinski definition) is 1. The summed E-state index contributed by atoms with van der Waals surface area (Å²) < 4.78 is 1.90. The molecule has 0 amide bonds. The van der Waals surface area contributed by atoms with Gasteiger partial charge in [-0.15, -0.1) is 0 Å². The van der Waals surface area contributed by atoms with E-state index in [-0.39, 0.29) is 0 Å². The largest absolute Gasteiger partial charge is 0.314 e. The second-order valence-electron chi connectivity index (χ2n) is 5.71. The topological polar surface area (TPSA) is 29.9 Å². The van der Waals surface area contributed by atoms with Gasteiger partial charge < -0.3 is 5.32 Å². The van der Waals surface area contributed by atoms with Gasteiger partial charge in [0.25, 0.3) is 0 Å². The van der Waals surface area contributed by atoms with Crippen LogP contribution in [-0.4, -0.2) is 22.4 Å². The van der Waals surface area contributed by atoms with Crippen LogP contribution >= 0.6 is 0 Å². The van der Waals surface area contributed by atoms with E-state index < -0.39 is 0 Å². The van der Waals surface area contributed by atoms with Crippen molar-refractivity contribution in [3.63, 3.8) is 0 Å².